The summed E-state index contributed by atoms with van der Waals surface area (Å²) in [6.45, 7) is 2.12. The van der Waals surface area contributed by atoms with E-state index in [4.69, 9.17) is 0 Å². The second kappa shape index (κ2) is 2.72. The number of fused-ring (bicyclic) bond motifs is 1. The van der Waals surface area contributed by atoms with Crippen LogP contribution in [0.2, 0.25) is 0 Å². The lowest BCUT2D eigenvalue weighted by atomic mass is 9.68. The Labute approximate surface area is 73.8 Å². The van der Waals surface area contributed by atoms with Crippen LogP contribution in [0.4, 0.5) is 0 Å². The van der Waals surface area contributed by atoms with Crippen molar-refractivity contribution in [1.29, 1.82) is 0 Å². The monoisotopic (exact) mass is 164 g/mol. The van der Waals surface area contributed by atoms with E-state index in [0.717, 1.165) is 6.42 Å². The maximum absolute atomic E-state index is 11.0. The van der Waals surface area contributed by atoms with E-state index in [-0.39, 0.29) is 5.41 Å². The first-order chi connectivity index (χ1) is 5.76. The zero-order chi connectivity index (χ0) is 8.60. The molecule has 0 amide bonds. The molecule has 3 unspecified atom stereocenters. The standard InChI is InChI=1S/C11H16O/c1-11(8-12)7-3-5-9-4-2-6-10(9)11/h3,5,8-10H,2,4,6-7H2,1H3. The minimum Gasteiger partial charge on any atom is -0.303 e. The van der Waals surface area contributed by atoms with Crippen LogP contribution in [0, 0.1) is 17.3 Å². The molecular weight excluding hydrogens is 148 g/mol. The van der Waals surface area contributed by atoms with Gasteiger partial charge in [0.2, 0.25) is 0 Å². The Kier molecular flexibility index (Phi) is 1.82. The first-order valence-electron chi connectivity index (χ1n) is 4.89. The quantitative estimate of drug-likeness (QED) is 0.430. The van der Waals surface area contributed by atoms with Gasteiger partial charge in [-0.3, -0.25) is 0 Å². The fourth-order valence-electron chi connectivity index (χ4n) is 2.82. The number of hydrogen-bond acceptors (Lipinski definition) is 1. The van der Waals surface area contributed by atoms with Gasteiger partial charge in [-0.15, -0.1) is 0 Å². The lowest BCUT2D eigenvalue weighted by Gasteiger charge is -2.35. The Morgan fingerprint density at radius 1 is 1.50 bits per heavy atom. The van der Waals surface area contributed by atoms with Crippen molar-refractivity contribution in [2.24, 2.45) is 17.3 Å². The van der Waals surface area contributed by atoms with E-state index in [9.17, 15) is 4.79 Å². The Balaban J connectivity index is 2.27. The molecule has 2 aliphatic carbocycles. The van der Waals surface area contributed by atoms with Crippen LogP contribution in [0.15, 0.2) is 12.2 Å². The van der Waals surface area contributed by atoms with Crippen molar-refractivity contribution in [3.63, 3.8) is 0 Å². The third-order valence-corrected chi connectivity index (χ3v) is 3.63. The van der Waals surface area contributed by atoms with Gasteiger partial charge in [0.15, 0.2) is 0 Å². The predicted octanol–water partition coefficient (Wildman–Crippen LogP) is 2.57. The van der Waals surface area contributed by atoms with Crippen molar-refractivity contribution >= 4 is 6.29 Å². The third-order valence-electron chi connectivity index (χ3n) is 3.63. The Morgan fingerprint density at radius 2 is 2.33 bits per heavy atom. The average Bonchev–Trinajstić information content (AvgIpc) is 2.54. The summed E-state index contributed by atoms with van der Waals surface area (Å²) in [5.74, 6) is 1.34. The molecule has 0 spiro atoms. The highest BCUT2D eigenvalue weighted by atomic mass is 16.1. The minimum absolute atomic E-state index is 0.0457. The normalized spacial score (nSPS) is 45.8. The Bertz CT molecular complexity index is 219. The van der Waals surface area contributed by atoms with E-state index in [1.54, 1.807) is 0 Å². The highest BCUT2D eigenvalue weighted by molar-refractivity contribution is 5.60. The number of carbonyl (C=O) groups is 1. The minimum atomic E-state index is -0.0457. The van der Waals surface area contributed by atoms with Gasteiger partial charge in [-0.25, -0.2) is 0 Å². The zero-order valence-corrected chi connectivity index (χ0v) is 7.62. The molecule has 3 atom stereocenters. The van der Waals surface area contributed by atoms with Crippen molar-refractivity contribution < 1.29 is 4.79 Å². The molecule has 0 aromatic rings. The summed E-state index contributed by atoms with van der Waals surface area (Å²) in [4.78, 5) is 11.0. The summed E-state index contributed by atoms with van der Waals surface area (Å²) in [6.07, 6.45) is 10.5. The summed E-state index contributed by atoms with van der Waals surface area (Å²) < 4.78 is 0. The Hall–Kier alpha value is -0.590. The van der Waals surface area contributed by atoms with Gasteiger partial charge in [-0.1, -0.05) is 25.5 Å². The topological polar surface area (TPSA) is 17.1 Å². The van der Waals surface area contributed by atoms with E-state index in [2.05, 4.69) is 19.1 Å². The van der Waals surface area contributed by atoms with E-state index in [1.165, 1.54) is 25.5 Å². The van der Waals surface area contributed by atoms with Gasteiger partial charge in [-0.2, -0.15) is 0 Å². The molecule has 12 heavy (non-hydrogen) atoms. The third kappa shape index (κ3) is 1.03. The van der Waals surface area contributed by atoms with Gasteiger partial charge in [0.25, 0.3) is 0 Å². The number of carbonyl (C=O) groups excluding carboxylic acids is 1. The molecular formula is C11H16O. The molecule has 0 bridgehead atoms. The van der Waals surface area contributed by atoms with E-state index >= 15 is 0 Å². The van der Waals surface area contributed by atoms with Crippen molar-refractivity contribution in [3.05, 3.63) is 12.2 Å². The summed E-state index contributed by atoms with van der Waals surface area (Å²) in [6, 6.07) is 0. The van der Waals surface area contributed by atoms with Crippen molar-refractivity contribution in [3.8, 4) is 0 Å². The molecule has 2 rings (SSSR count). The van der Waals surface area contributed by atoms with E-state index in [0.29, 0.717) is 11.8 Å². The van der Waals surface area contributed by atoms with Crippen LogP contribution < -0.4 is 0 Å². The lowest BCUT2D eigenvalue weighted by Crippen LogP contribution is -2.33. The van der Waals surface area contributed by atoms with Gasteiger partial charge < -0.3 is 4.79 Å². The van der Waals surface area contributed by atoms with Crippen molar-refractivity contribution in [2.45, 2.75) is 32.6 Å². The van der Waals surface area contributed by atoms with Crippen LogP contribution in [-0.4, -0.2) is 6.29 Å². The number of rotatable bonds is 1. The number of allylic oxidation sites excluding steroid dienone is 2. The fraction of sp³-hybridized carbons (Fsp3) is 0.727. The smallest absolute Gasteiger partial charge is 0.126 e. The van der Waals surface area contributed by atoms with Crippen LogP contribution in [0.25, 0.3) is 0 Å². The number of hydrogen-bond donors (Lipinski definition) is 0. The summed E-state index contributed by atoms with van der Waals surface area (Å²) in [5, 5.41) is 0. The second-order valence-corrected chi connectivity index (χ2v) is 4.46. The van der Waals surface area contributed by atoms with Crippen LogP contribution in [0.1, 0.15) is 32.6 Å². The van der Waals surface area contributed by atoms with Crippen LogP contribution in [0.3, 0.4) is 0 Å². The molecule has 2 aliphatic rings. The highest BCUT2D eigenvalue weighted by Crippen LogP contribution is 2.48. The first kappa shape index (κ1) is 8.03. The molecule has 0 N–H and O–H groups in total. The van der Waals surface area contributed by atoms with Crippen molar-refractivity contribution in [2.75, 3.05) is 0 Å². The maximum Gasteiger partial charge on any atom is 0.126 e. The van der Waals surface area contributed by atoms with Crippen molar-refractivity contribution in [1.82, 2.24) is 0 Å². The molecule has 1 fully saturated rings. The summed E-state index contributed by atoms with van der Waals surface area (Å²) in [7, 11) is 0. The Morgan fingerprint density at radius 3 is 3.08 bits per heavy atom. The van der Waals surface area contributed by atoms with Crippen LogP contribution in [-0.2, 0) is 4.79 Å². The fourth-order valence-corrected chi connectivity index (χ4v) is 2.82. The summed E-state index contributed by atoms with van der Waals surface area (Å²) >= 11 is 0. The predicted molar refractivity (Wildman–Crippen MR) is 48.8 cm³/mol. The molecule has 1 nitrogen and oxygen atoms in total. The highest BCUT2D eigenvalue weighted by Gasteiger charge is 2.42. The summed E-state index contributed by atoms with van der Waals surface area (Å²) in [5.41, 5.74) is -0.0457. The van der Waals surface area contributed by atoms with Gasteiger partial charge in [0.05, 0.1) is 0 Å². The molecule has 1 saturated carbocycles. The van der Waals surface area contributed by atoms with Gasteiger partial charge in [0.1, 0.15) is 6.29 Å². The lowest BCUT2D eigenvalue weighted by molar-refractivity contribution is -0.118. The largest absolute Gasteiger partial charge is 0.303 e. The van der Waals surface area contributed by atoms with E-state index in [1.807, 2.05) is 0 Å². The molecule has 1 heteroatoms. The second-order valence-electron chi connectivity index (χ2n) is 4.46. The maximum atomic E-state index is 11.0. The first-order valence-corrected chi connectivity index (χ1v) is 4.89. The average molecular weight is 164 g/mol. The molecule has 0 aliphatic heterocycles. The molecule has 66 valence electrons. The van der Waals surface area contributed by atoms with Gasteiger partial charge >= 0.3 is 0 Å². The molecule has 0 heterocycles. The molecule has 0 radical (unpaired) electrons. The van der Waals surface area contributed by atoms with E-state index < -0.39 is 0 Å². The van der Waals surface area contributed by atoms with Gasteiger partial charge in [-0.05, 0) is 31.1 Å². The molecule has 0 aromatic heterocycles. The van der Waals surface area contributed by atoms with Crippen LogP contribution >= 0.6 is 0 Å². The van der Waals surface area contributed by atoms with Crippen LogP contribution in [0.5, 0.6) is 0 Å². The zero-order valence-electron chi connectivity index (χ0n) is 7.62. The van der Waals surface area contributed by atoms with Gasteiger partial charge in [0, 0.05) is 5.41 Å². The SMILES string of the molecule is CC1(C=O)CC=CC2CCCC21. The molecule has 0 saturated heterocycles. The number of aldehydes is 1. The molecule has 0 aromatic carbocycles.